The lowest BCUT2D eigenvalue weighted by atomic mass is 10.0. The molecule has 3 heterocycles. The number of rotatable bonds is 4. The van der Waals surface area contributed by atoms with E-state index in [1.165, 1.54) is 32.6 Å². The molecule has 5 heteroatoms. The molecule has 13 aromatic rings. The molecule has 60 heavy (non-hydrogen) atoms. The van der Waals surface area contributed by atoms with Crippen LogP contribution in [0.2, 0.25) is 0 Å². The van der Waals surface area contributed by atoms with Crippen LogP contribution in [0.3, 0.4) is 0 Å². The maximum Gasteiger partial charge on any atom is 0.167 e. The first-order valence-corrected chi connectivity index (χ1v) is 20.3. The van der Waals surface area contributed by atoms with Gasteiger partial charge in [-0.25, -0.2) is 15.0 Å². The number of aromatic nitrogens is 4. The summed E-state index contributed by atoms with van der Waals surface area (Å²) in [6.45, 7) is 0. The van der Waals surface area contributed by atoms with Gasteiger partial charge in [-0.2, -0.15) is 0 Å². The Hall–Kier alpha value is -8.15. The minimum Gasteiger partial charge on any atom is -0.455 e. The lowest BCUT2D eigenvalue weighted by molar-refractivity contribution is 0.670. The van der Waals surface area contributed by atoms with Gasteiger partial charge in [-0.3, -0.25) is 0 Å². The molecule has 0 fully saturated rings. The van der Waals surface area contributed by atoms with Crippen molar-refractivity contribution in [1.82, 2.24) is 19.5 Å². The number of furan rings is 1. The molecule has 0 aliphatic rings. The topological polar surface area (TPSA) is 56.7 Å². The molecule has 0 aliphatic heterocycles. The van der Waals surface area contributed by atoms with Crippen LogP contribution in [0.1, 0.15) is 0 Å². The van der Waals surface area contributed by atoms with Gasteiger partial charge in [0, 0.05) is 38.4 Å². The highest BCUT2D eigenvalue weighted by Crippen LogP contribution is 2.42. The lowest BCUT2D eigenvalue weighted by Gasteiger charge is -2.12. The van der Waals surface area contributed by atoms with Gasteiger partial charge in [0.15, 0.2) is 17.5 Å². The van der Waals surface area contributed by atoms with Crippen LogP contribution < -0.4 is 0 Å². The van der Waals surface area contributed by atoms with Crippen molar-refractivity contribution in [2.24, 2.45) is 0 Å². The van der Waals surface area contributed by atoms with Gasteiger partial charge >= 0.3 is 0 Å². The average Bonchev–Trinajstić information content (AvgIpc) is 3.86. The van der Waals surface area contributed by atoms with Gasteiger partial charge in [0.05, 0.1) is 16.6 Å². The van der Waals surface area contributed by atoms with E-state index in [4.69, 9.17) is 19.4 Å². The molecule has 5 nitrogen and oxygen atoms in total. The lowest BCUT2D eigenvalue weighted by Crippen LogP contribution is -2.01. The van der Waals surface area contributed by atoms with Crippen molar-refractivity contribution in [3.05, 3.63) is 194 Å². The third kappa shape index (κ3) is 4.90. The summed E-state index contributed by atoms with van der Waals surface area (Å²) in [5.41, 5.74) is 7.72. The highest BCUT2D eigenvalue weighted by molar-refractivity contribution is 6.21. The fourth-order valence-electron chi connectivity index (χ4n) is 9.43. The van der Waals surface area contributed by atoms with Crippen LogP contribution in [0.5, 0.6) is 0 Å². The first-order chi connectivity index (χ1) is 29.7. The molecule has 0 spiro atoms. The molecule has 0 bridgehead atoms. The van der Waals surface area contributed by atoms with E-state index in [2.05, 4.69) is 199 Å². The van der Waals surface area contributed by atoms with Crippen molar-refractivity contribution < 1.29 is 4.42 Å². The van der Waals surface area contributed by atoms with Crippen molar-refractivity contribution in [3.63, 3.8) is 0 Å². The second-order valence-electron chi connectivity index (χ2n) is 15.6. The van der Waals surface area contributed by atoms with Gasteiger partial charge in [-0.15, -0.1) is 0 Å². The summed E-state index contributed by atoms with van der Waals surface area (Å²) in [5, 5.41) is 13.7. The molecular formula is C55H32N4O. The summed E-state index contributed by atoms with van der Waals surface area (Å²) in [7, 11) is 0. The summed E-state index contributed by atoms with van der Waals surface area (Å²) < 4.78 is 9.29. The average molecular weight is 765 g/mol. The first-order valence-electron chi connectivity index (χ1n) is 20.3. The zero-order valence-electron chi connectivity index (χ0n) is 32.2. The van der Waals surface area contributed by atoms with Crippen LogP contribution in [-0.2, 0) is 0 Å². The van der Waals surface area contributed by atoms with Gasteiger partial charge in [0.25, 0.3) is 0 Å². The molecule has 0 radical (unpaired) electrons. The largest absolute Gasteiger partial charge is 0.455 e. The number of hydrogen-bond donors (Lipinski definition) is 0. The van der Waals surface area contributed by atoms with Crippen molar-refractivity contribution in [1.29, 1.82) is 0 Å². The van der Waals surface area contributed by atoms with Gasteiger partial charge < -0.3 is 8.98 Å². The maximum atomic E-state index is 6.89. The van der Waals surface area contributed by atoms with Crippen LogP contribution >= 0.6 is 0 Å². The number of fused-ring (bicyclic) bond motifs is 11. The molecule has 0 N–H and O–H groups in total. The maximum absolute atomic E-state index is 6.89. The highest BCUT2D eigenvalue weighted by Gasteiger charge is 2.21. The Morgan fingerprint density at radius 2 is 0.850 bits per heavy atom. The fourth-order valence-corrected chi connectivity index (χ4v) is 9.43. The molecule has 278 valence electrons. The number of para-hydroxylation sites is 2. The van der Waals surface area contributed by atoms with E-state index in [1.54, 1.807) is 0 Å². The van der Waals surface area contributed by atoms with Crippen LogP contribution in [-0.4, -0.2) is 19.5 Å². The number of hydrogen-bond acceptors (Lipinski definition) is 4. The van der Waals surface area contributed by atoms with Crippen LogP contribution in [0, 0.1) is 0 Å². The predicted octanol–water partition coefficient (Wildman–Crippen LogP) is 14.5. The Bertz CT molecular complexity index is 3810. The number of benzene rings is 10. The van der Waals surface area contributed by atoms with Gasteiger partial charge in [0.2, 0.25) is 0 Å². The molecular weight excluding hydrogens is 733 g/mol. The molecule has 10 aromatic carbocycles. The van der Waals surface area contributed by atoms with Crippen molar-refractivity contribution in [2.45, 2.75) is 0 Å². The van der Waals surface area contributed by atoms with E-state index < -0.39 is 0 Å². The Morgan fingerprint density at radius 3 is 1.57 bits per heavy atom. The quantitative estimate of drug-likeness (QED) is 0.179. The second kappa shape index (κ2) is 12.7. The van der Waals surface area contributed by atoms with Crippen molar-refractivity contribution in [2.75, 3.05) is 0 Å². The summed E-state index contributed by atoms with van der Waals surface area (Å²) in [4.78, 5) is 15.7. The normalized spacial score (nSPS) is 12.0. The molecule has 0 atom stereocenters. The van der Waals surface area contributed by atoms with Crippen LogP contribution in [0.15, 0.2) is 199 Å². The number of nitrogens with zero attached hydrogens (tertiary/aromatic N) is 4. The molecule has 0 saturated carbocycles. The van der Waals surface area contributed by atoms with Gasteiger partial charge in [-0.1, -0.05) is 152 Å². The standard InChI is InChI=1S/C55H32N4O/c1-2-15-37-31-49-47(30-36(37)14-1)41-20-7-8-25-48(41)59(49)38-28-26-35-27-29-50-51(46(35)32-38)44-23-11-24-45(52(44)60-50)55-57-53(42-21-9-16-33-12-3-5-18-39(33)42)56-54(58-55)43-22-10-17-34-13-4-6-19-40(34)43/h1-32H. The van der Waals surface area contributed by atoms with E-state index in [0.717, 1.165) is 76.6 Å². The summed E-state index contributed by atoms with van der Waals surface area (Å²) in [6.07, 6.45) is 0. The SMILES string of the molecule is c1ccc2cc3c(cc2c1)c1ccccc1n3-c1ccc2ccc3oc4c(-c5nc(-c6cccc7ccccc67)nc(-c6cccc7ccccc67)n5)cccc4c3c2c1. The minimum atomic E-state index is 0.558. The van der Waals surface area contributed by atoms with Gasteiger partial charge in [-0.05, 0) is 85.6 Å². The zero-order chi connectivity index (χ0) is 39.3. The Kier molecular flexibility index (Phi) is 6.95. The molecule has 0 unspecified atom stereocenters. The van der Waals surface area contributed by atoms with E-state index in [9.17, 15) is 0 Å². The van der Waals surface area contributed by atoms with Gasteiger partial charge in [0.1, 0.15) is 11.2 Å². The Morgan fingerprint density at radius 1 is 0.333 bits per heavy atom. The first kappa shape index (κ1) is 32.9. The third-order valence-electron chi connectivity index (χ3n) is 12.2. The summed E-state index contributed by atoms with van der Waals surface area (Å²) >= 11 is 0. The monoisotopic (exact) mass is 764 g/mol. The molecule has 13 rings (SSSR count). The molecule has 0 aliphatic carbocycles. The predicted molar refractivity (Wildman–Crippen MR) is 248 cm³/mol. The van der Waals surface area contributed by atoms with E-state index in [0.29, 0.717) is 17.5 Å². The molecule has 3 aromatic heterocycles. The molecule has 0 saturated heterocycles. The van der Waals surface area contributed by atoms with E-state index in [1.807, 2.05) is 0 Å². The molecule has 0 amide bonds. The van der Waals surface area contributed by atoms with Crippen molar-refractivity contribution >= 4 is 86.8 Å². The van der Waals surface area contributed by atoms with E-state index >= 15 is 0 Å². The van der Waals surface area contributed by atoms with Crippen LogP contribution in [0.4, 0.5) is 0 Å². The van der Waals surface area contributed by atoms with Crippen molar-refractivity contribution in [3.8, 4) is 39.9 Å². The van der Waals surface area contributed by atoms with Crippen LogP contribution in [0.25, 0.3) is 127 Å². The second-order valence-corrected chi connectivity index (χ2v) is 15.6. The third-order valence-corrected chi connectivity index (χ3v) is 12.2. The summed E-state index contributed by atoms with van der Waals surface area (Å²) in [6, 6.07) is 68.6. The highest BCUT2D eigenvalue weighted by atomic mass is 16.3. The summed E-state index contributed by atoms with van der Waals surface area (Å²) in [5.74, 6) is 1.78. The smallest absolute Gasteiger partial charge is 0.167 e. The van der Waals surface area contributed by atoms with E-state index in [-0.39, 0.29) is 0 Å². The Labute approximate surface area is 343 Å². The zero-order valence-corrected chi connectivity index (χ0v) is 32.2. The minimum absolute atomic E-state index is 0.558. The fraction of sp³-hybridized carbons (Fsp3) is 0. The Balaban J connectivity index is 1.05.